The van der Waals surface area contributed by atoms with E-state index >= 15 is 0 Å². The zero-order valence-corrected chi connectivity index (χ0v) is 12.2. The standard InChI is InChI=1S/C17H15ClN2O/c18-14-6-7-15-13(11-20-16(15)10-14)8-9-19-17(21)12-4-2-1-3-5-12/h1-7,10-11,20H,8-9H2,(H,19,21). The van der Waals surface area contributed by atoms with Gasteiger partial charge in [-0.2, -0.15) is 0 Å². The Hall–Kier alpha value is -2.26. The molecule has 0 bridgehead atoms. The number of hydrogen-bond donors (Lipinski definition) is 2. The number of carbonyl (C=O) groups is 1. The van der Waals surface area contributed by atoms with Crippen molar-refractivity contribution in [2.24, 2.45) is 0 Å². The summed E-state index contributed by atoms with van der Waals surface area (Å²) in [5, 5.41) is 4.80. The van der Waals surface area contributed by atoms with Gasteiger partial charge in [0.05, 0.1) is 0 Å². The van der Waals surface area contributed by atoms with Crippen LogP contribution in [-0.2, 0) is 6.42 Å². The summed E-state index contributed by atoms with van der Waals surface area (Å²) in [6.07, 6.45) is 2.75. The molecular weight excluding hydrogens is 284 g/mol. The van der Waals surface area contributed by atoms with E-state index in [9.17, 15) is 4.79 Å². The first-order chi connectivity index (χ1) is 10.2. The lowest BCUT2D eigenvalue weighted by Gasteiger charge is -2.04. The molecule has 0 aliphatic rings. The number of hydrogen-bond acceptors (Lipinski definition) is 1. The van der Waals surface area contributed by atoms with Crippen molar-refractivity contribution in [2.45, 2.75) is 6.42 Å². The molecule has 1 aromatic heterocycles. The van der Waals surface area contributed by atoms with E-state index in [-0.39, 0.29) is 5.91 Å². The van der Waals surface area contributed by atoms with Crippen LogP contribution in [0, 0.1) is 0 Å². The van der Waals surface area contributed by atoms with Gasteiger partial charge in [0.15, 0.2) is 0 Å². The van der Waals surface area contributed by atoms with E-state index in [0.717, 1.165) is 17.3 Å². The summed E-state index contributed by atoms with van der Waals surface area (Å²) >= 11 is 5.96. The molecule has 0 saturated heterocycles. The van der Waals surface area contributed by atoms with Crippen LogP contribution in [-0.4, -0.2) is 17.4 Å². The van der Waals surface area contributed by atoms with Crippen molar-refractivity contribution >= 4 is 28.4 Å². The highest BCUT2D eigenvalue weighted by Gasteiger charge is 2.06. The van der Waals surface area contributed by atoms with Gasteiger partial charge in [-0.15, -0.1) is 0 Å². The van der Waals surface area contributed by atoms with Gasteiger partial charge in [0.25, 0.3) is 5.91 Å². The molecule has 3 rings (SSSR count). The molecule has 0 aliphatic heterocycles. The van der Waals surface area contributed by atoms with Crippen molar-refractivity contribution in [1.82, 2.24) is 10.3 Å². The van der Waals surface area contributed by atoms with Gasteiger partial charge in [-0.3, -0.25) is 4.79 Å². The van der Waals surface area contributed by atoms with Crippen LogP contribution < -0.4 is 5.32 Å². The molecule has 21 heavy (non-hydrogen) atoms. The Bertz CT molecular complexity index is 765. The number of amides is 1. The Morgan fingerprint density at radius 2 is 1.95 bits per heavy atom. The normalized spacial score (nSPS) is 10.7. The Morgan fingerprint density at radius 3 is 2.76 bits per heavy atom. The molecule has 3 nitrogen and oxygen atoms in total. The Balaban J connectivity index is 1.63. The summed E-state index contributed by atoms with van der Waals surface area (Å²) in [5.41, 5.74) is 2.88. The minimum atomic E-state index is -0.0431. The fourth-order valence-electron chi connectivity index (χ4n) is 2.37. The molecule has 106 valence electrons. The SMILES string of the molecule is O=C(NCCc1c[nH]c2cc(Cl)ccc12)c1ccccc1. The van der Waals surface area contributed by atoms with Crippen molar-refractivity contribution in [3.05, 3.63) is 70.9 Å². The summed E-state index contributed by atoms with van der Waals surface area (Å²) in [6.45, 7) is 0.601. The lowest BCUT2D eigenvalue weighted by molar-refractivity contribution is 0.0954. The fraction of sp³-hybridized carbons (Fsp3) is 0.118. The molecule has 0 aliphatic carbocycles. The van der Waals surface area contributed by atoms with E-state index in [1.54, 1.807) is 0 Å². The van der Waals surface area contributed by atoms with E-state index in [2.05, 4.69) is 10.3 Å². The fourth-order valence-corrected chi connectivity index (χ4v) is 2.54. The molecule has 0 spiro atoms. The number of fused-ring (bicyclic) bond motifs is 1. The molecular formula is C17H15ClN2O. The number of benzene rings is 2. The first kappa shape index (κ1) is 13.7. The van der Waals surface area contributed by atoms with Crippen molar-refractivity contribution in [1.29, 1.82) is 0 Å². The van der Waals surface area contributed by atoms with Crippen LogP contribution in [0.5, 0.6) is 0 Å². The van der Waals surface area contributed by atoms with Gasteiger partial charge in [-0.05, 0) is 36.2 Å². The zero-order valence-electron chi connectivity index (χ0n) is 11.4. The highest BCUT2D eigenvalue weighted by atomic mass is 35.5. The number of carbonyl (C=O) groups excluding carboxylic acids is 1. The van der Waals surface area contributed by atoms with Gasteiger partial charge in [0.2, 0.25) is 0 Å². The van der Waals surface area contributed by atoms with Gasteiger partial charge < -0.3 is 10.3 Å². The molecule has 0 radical (unpaired) electrons. The van der Waals surface area contributed by atoms with Crippen LogP contribution in [0.15, 0.2) is 54.7 Å². The predicted molar refractivity (Wildman–Crippen MR) is 85.8 cm³/mol. The van der Waals surface area contributed by atoms with Gasteiger partial charge in [-0.1, -0.05) is 35.9 Å². The minimum absolute atomic E-state index is 0.0431. The molecule has 4 heteroatoms. The first-order valence-corrected chi connectivity index (χ1v) is 7.20. The maximum absolute atomic E-state index is 11.9. The first-order valence-electron chi connectivity index (χ1n) is 6.83. The number of H-pyrrole nitrogens is 1. The Labute approximate surface area is 127 Å². The third-order valence-corrected chi connectivity index (χ3v) is 3.68. The highest BCUT2D eigenvalue weighted by Crippen LogP contribution is 2.22. The van der Waals surface area contributed by atoms with Crippen LogP contribution in [0.4, 0.5) is 0 Å². The second kappa shape index (κ2) is 6.02. The van der Waals surface area contributed by atoms with Crippen molar-refractivity contribution in [2.75, 3.05) is 6.54 Å². The van der Waals surface area contributed by atoms with E-state index in [4.69, 9.17) is 11.6 Å². The average Bonchev–Trinajstić information content (AvgIpc) is 2.90. The third-order valence-electron chi connectivity index (χ3n) is 3.45. The molecule has 1 amide bonds. The second-order valence-electron chi connectivity index (χ2n) is 4.88. The molecule has 0 atom stereocenters. The molecule has 2 aromatic carbocycles. The number of aromatic nitrogens is 1. The van der Waals surface area contributed by atoms with E-state index < -0.39 is 0 Å². The van der Waals surface area contributed by atoms with Crippen molar-refractivity contribution < 1.29 is 4.79 Å². The number of rotatable bonds is 4. The van der Waals surface area contributed by atoms with Crippen molar-refractivity contribution in [3.63, 3.8) is 0 Å². The van der Waals surface area contributed by atoms with Crippen LogP contribution in [0.1, 0.15) is 15.9 Å². The Morgan fingerprint density at radius 1 is 1.14 bits per heavy atom. The smallest absolute Gasteiger partial charge is 0.251 e. The molecule has 0 fully saturated rings. The van der Waals surface area contributed by atoms with E-state index in [1.165, 1.54) is 5.56 Å². The summed E-state index contributed by atoms with van der Waals surface area (Å²) in [4.78, 5) is 15.1. The highest BCUT2D eigenvalue weighted by molar-refractivity contribution is 6.31. The molecule has 2 N–H and O–H groups in total. The lowest BCUT2D eigenvalue weighted by atomic mass is 10.1. The van der Waals surface area contributed by atoms with E-state index in [1.807, 2.05) is 54.7 Å². The average molecular weight is 299 g/mol. The zero-order chi connectivity index (χ0) is 14.7. The summed E-state index contributed by atoms with van der Waals surface area (Å²) in [6, 6.07) is 15.0. The van der Waals surface area contributed by atoms with Crippen molar-refractivity contribution in [3.8, 4) is 0 Å². The van der Waals surface area contributed by atoms with Gasteiger partial charge >= 0.3 is 0 Å². The maximum Gasteiger partial charge on any atom is 0.251 e. The van der Waals surface area contributed by atoms with Crippen LogP contribution in [0.2, 0.25) is 5.02 Å². The second-order valence-corrected chi connectivity index (χ2v) is 5.31. The maximum atomic E-state index is 11.9. The van der Waals surface area contributed by atoms with Gasteiger partial charge in [-0.25, -0.2) is 0 Å². The monoisotopic (exact) mass is 298 g/mol. The summed E-state index contributed by atoms with van der Waals surface area (Å²) in [7, 11) is 0. The van der Waals surface area contributed by atoms with E-state index in [0.29, 0.717) is 17.1 Å². The minimum Gasteiger partial charge on any atom is -0.361 e. The quantitative estimate of drug-likeness (QED) is 0.756. The molecule has 3 aromatic rings. The topological polar surface area (TPSA) is 44.9 Å². The number of aromatic amines is 1. The van der Waals surface area contributed by atoms with Crippen LogP contribution in [0.25, 0.3) is 10.9 Å². The van der Waals surface area contributed by atoms with Crippen LogP contribution >= 0.6 is 11.6 Å². The number of halogens is 1. The van der Waals surface area contributed by atoms with Gasteiger partial charge in [0, 0.05) is 34.2 Å². The predicted octanol–water partition coefficient (Wildman–Crippen LogP) is 3.79. The molecule has 0 unspecified atom stereocenters. The largest absolute Gasteiger partial charge is 0.361 e. The molecule has 0 saturated carbocycles. The number of nitrogens with one attached hydrogen (secondary N) is 2. The summed E-state index contributed by atoms with van der Waals surface area (Å²) < 4.78 is 0. The van der Waals surface area contributed by atoms with Gasteiger partial charge in [0.1, 0.15) is 0 Å². The van der Waals surface area contributed by atoms with Crippen LogP contribution in [0.3, 0.4) is 0 Å². The third kappa shape index (κ3) is 3.09. The summed E-state index contributed by atoms with van der Waals surface area (Å²) in [5.74, 6) is -0.0431. The molecule has 1 heterocycles. The Kier molecular flexibility index (Phi) is 3.93. The lowest BCUT2D eigenvalue weighted by Crippen LogP contribution is -2.25.